The molecule has 1 heterocycles. The summed E-state index contributed by atoms with van der Waals surface area (Å²) in [6, 6.07) is 15.6. The molecule has 0 fully saturated rings. The average Bonchev–Trinajstić information content (AvgIpc) is 2.88. The van der Waals surface area contributed by atoms with Gasteiger partial charge in [-0.15, -0.1) is 23.5 Å². The highest BCUT2D eigenvalue weighted by atomic mass is 35.5. The largest absolute Gasteiger partial charge is 0.256 e. The van der Waals surface area contributed by atoms with Gasteiger partial charge in [-0.05, 0) is 48.5 Å². The van der Waals surface area contributed by atoms with Crippen molar-refractivity contribution >= 4 is 58.3 Å². The second kappa shape index (κ2) is 8.74. The molecule has 130 valence electrons. The van der Waals surface area contributed by atoms with E-state index in [0.29, 0.717) is 5.15 Å². The van der Waals surface area contributed by atoms with Crippen LogP contribution in [0.2, 0.25) is 15.2 Å². The maximum absolute atomic E-state index is 6.45. The minimum Gasteiger partial charge on any atom is -0.256 e. The molecule has 0 radical (unpaired) electrons. The molecule has 0 saturated carbocycles. The van der Waals surface area contributed by atoms with E-state index in [9.17, 15) is 0 Å². The van der Waals surface area contributed by atoms with Gasteiger partial charge in [0.1, 0.15) is 5.15 Å². The van der Waals surface area contributed by atoms with Gasteiger partial charge in [0.25, 0.3) is 0 Å². The molecule has 2 aromatic carbocycles. The van der Waals surface area contributed by atoms with E-state index in [-0.39, 0.29) is 0 Å². The van der Waals surface area contributed by atoms with Crippen LogP contribution < -0.4 is 0 Å². The van der Waals surface area contributed by atoms with Gasteiger partial charge in [-0.25, -0.2) is 0 Å². The topological polar surface area (TPSA) is 17.8 Å². The first-order valence-corrected chi connectivity index (χ1v) is 10.6. The lowest BCUT2D eigenvalue weighted by Crippen LogP contribution is -1.91. The Kier molecular flexibility index (Phi) is 6.64. The number of thioether (sulfide) groups is 2. The van der Waals surface area contributed by atoms with Crippen molar-refractivity contribution in [1.29, 1.82) is 0 Å². The Labute approximate surface area is 170 Å². The van der Waals surface area contributed by atoms with Crippen molar-refractivity contribution in [3.63, 3.8) is 0 Å². The summed E-state index contributed by atoms with van der Waals surface area (Å²) in [5, 5.41) is 6.74. The Morgan fingerprint density at radius 3 is 1.80 bits per heavy atom. The van der Waals surface area contributed by atoms with E-state index in [1.165, 1.54) is 0 Å². The molecule has 0 saturated heterocycles. The molecule has 7 heteroatoms. The van der Waals surface area contributed by atoms with E-state index in [4.69, 9.17) is 34.8 Å². The fourth-order valence-electron chi connectivity index (χ4n) is 2.23. The van der Waals surface area contributed by atoms with Crippen LogP contribution in [0.4, 0.5) is 0 Å². The molecule has 0 bridgehead atoms. The molecule has 25 heavy (non-hydrogen) atoms. The molecule has 0 aliphatic rings. The Morgan fingerprint density at radius 1 is 0.800 bits per heavy atom. The second-order valence-electron chi connectivity index (χ2n) is 5.32. The van der Waals surface area contributed by atoms with E-state index >= 15 is 0 Å². The van der Waals surface area contributed by atoms with Crippen molar-refractivity contribution in [2.24, 2.45) is 7.05 Å². The van der Waals surface area contributed by atoms with Crippen molar-refractivity contribution in [2.45, 2.75) is 21.3 Å². The molecule has 0 aliphatic heterocycles. The minimum absolute atomic E-state index is 0.688. The quantitative estimate of drug-likeness (QED) is 0.394. The predicted molar refractivity (Wildman–Crippen MR) is 110 cm³/mol. The van der Waals surface area contributed by atoms with Gasteiger partial charge in [0.05, 0.1) is 5.69 Å². The van der Waals surface area contributed by atoms with Crippen LogP contribution in [0, 0.1) is 0 Å². The summed E-state index contributed by atoms with van der Waals surface area (Å²) in [4.78, 5) is 2.31. The summed E-state index contributed by atoms with van der Waals surface area (Å²) in [7, 11) is 1.87. The number of hydrogen-bond donors (Lipinski definition) is 0. The SMILES string of the molecule is Cn1nc(CSc2ccc(Cl)cc2)c(CSc2ccc(Cl)cc2)c1Cl. The summed E-state index contributed by atoms with van der Waals surface area (Å²) < 4.78 is 1.73. The zero-order chi connectivity index (χ0) is 17.8. The number of aromatic nitrogens is 2. The molecule has 0 N–H and O–H groups in total. The molecule has 0 unspecified atom stereocenters. The van der Waals surface area contributed by atoms with Crippen LogP contribution in [-0.4, -0.2) is 9.78 Å². The van der Waals surface area contributed by atoms with E-state index in [1.807, 2.05) is 55.6 Å². The van der Waals surface area contributed by atoms with Crippen LogP contribution in [0.3, 0.4) is 0 Å². The lowest BCUT2D eigenvalue weighted by Gasteiger charge is -2.05. The molecular formula is C18H15Cl3N2S2. The van der Waals surface area contributed by atoms with E-state index < -0.39 is 0 Å². The Morgan fingerprint density at radius 2 is 1.28 bits per heavy atom. The van der Waals surface area contributed by atoms with E-state index in [0.717, 1.165) is 42.6 Å². The second-order valence-corrected chi connectivity index (χ2v) is 8.65. The number of rotatable bonds is 6. The highest BCUT2D eigenvalue weighted by Crippen LogP contribution is 2.32. The predicted octanol–water partition coefficient (Wildman–Crippen LogP) is 6.96. The molecule has 0 amide bonds. The first-order chi connectivity index (χ1) is 12.0. The zero-order valence-electron chi connectivity index (χ0n) is 13.4. The first kappa shape index (κ1) is 19.0. The summed E-state index contributed by atoms with van der Waals surface area (Å²) >= 11 is 21.8. The normalized spacial score (nSPS) is 11.0. The summed E-state index contributed by atoms with van der Waals surface area (Å²) in [5.41, 5.74) is 2.08. The van der Waals surface area contributed by atoms with E-state index in [1.54, 1.807) is 28.2 Å². The standard InChI is InChI=1S/C18H15Cl3N2S2/c1-23-18(21)16(10-24-14-6-2-12(19)3-7-14)17(22-23)11-25-15-8-4-13(20)5-9-15/h2-9H,10-11H2,1H3. The fourth-order valence-corrected chi connectivity index (χ4v) is 4.58. The third-order valence-electron chi connectivity index (χ3n) is 3.54. The van der Waals surface area contributed by atoms with Crippen LogP contribution >= 0.6 is 58.3 Å². The van der Waals surface area contributed by atoms with Crippen LogP contribution in [0.15, 0.2) is 58.3 Å². The zero-order valence-corrected chi connectivity index (χ0v) is 17.3. The van der Waals surface area contributed by atoms with Gasteiger partial charge in [0, 0.05) is 44.0 Å². The van der Waals surface area contributed by atoms with Gasteiger partial charge < -0.3 is 0 Å². The number of hydrogen-bond acceptors (Lipinski definition) is 3. The Hall–Kier alpha value is -0.780. The van der Waals surface area contributed by atoms with Crippen molar-refractivity contribution < 1.29 is 0 Å². The summed E-state index contributed by atoms with van der Waals surface area (Å²) in [6.45, 7) is 0. The fraction of sp³-hybridized carbons (Fsp3) is 0.167. The van der Waals surface area contributed by atoms with Gasteiger partial charge >= 0.3 is 0 Å². The maximum Gasteiger partial charge on any atom is 0.131 e. The number of halogens is 3. The highest BCUT2D eigenvalue weighted by molar-refractivity contribution is 7.99. The highest BCUT2D eigenvalue weighted by Gasteiger charge is 2.15. The smallest absolute Gasteiger partial charge is 0.131 e. The molecular weight excluding hydrogens is 415 g/mol. The first-order valence-electron chi connectivity index (χ1n) is 7.50. The van der Waals surface area contributed by atoms with Gasteiger partial charge in [-0.3, -0.25) is 4.68 Å². The summed E-state index contributed by atoms with van der Waals surface area (Å²) in [5.74, 6) is 1.53. The molecule has 3 aromatic rings. The van der Waals surface area contributed by atoms with Gasteiger partial charge in [0.15, 0.2) is 0 Å². The summed E-state index contributed by atoms with van der Waals surface area (Å²) in [6.07, 6.45) is 0. The Balaban J connectivity index is 1.70. The lowest BCUT2D eigenvalue weighted by atomic mass is 10.3. The van der Waals surface area contributed by atoms with Crippen LogP contribution in [0.1, 0.15) is 11.3 Å². The van der Waals surface area contributed by atoms with Crippen molar-refractivity contribution in [3.05, 3.63) is 75.0 Å². The van der Waals surface area contributed by atoms with Gasteiger partial charge in [0.2, 0.25) is 0 Å². The number of nitrogens with zero attached hydrogens (tertiary/aromatic N) is 2. The van der Waals surface area contributed by atoms with Crippen LogP contribution in [0.5, 0.6) is 0 Å². The number of benzene rings is 2. The van der Waals surface area contributed by atoms with Gasteiger partial charge in [-0.1, -0.05) is 34.8 Å². The van der Waals surface area contributed by atoms with Crippen molar-refractivity contribution in [1.82, 2.24) is 9.78 Å². The third-order valence-corrected chi connectivity index (χ3v) is 6.58. The molecule has 3 rings (SSSR count). The maximum atomic E-state index is 6.45. The third kappa shape index (κ3) is 5.11. The number of aryl methyl sites for hydroxylation is 1. The van der Waals surface area contributed by atoms with Crippen LogP contribution in [0.25, 0.3) is 0 Å². The lowest BCUT2D eigenvalue weighted by molar-refractivity contribution is 0.755. The molecule has 0 spiro atoms. The molecule has 2 nitrogen and oxygen atoms in total. The monoisotopic (exact) mass is 428 g/mol. The molecule has 1 aromatic heterocycles. The van der Waals surface area contributed by atoms with E-state index in [2.05, 4.69) is 5.10 Å². The Bertz CT molecular complexity index is 846. The van der Waals surface area contributed by atoms with Crippen molar-refractivity contribution in [2.75, 3.05) is 0 Å². The minimum atomic E-state index is 0.688. The van der Waals surface area contributed by atoms with Crippen molar-refractivity contribution in [3.8, 4) is 0 Å². The molecule has 0 atom stereocenters. The van der Waals surface area contributed by atoms with Gasteiger partial charge in [-0.2, -0.15) is 5.10 Å². The average molecular weight is 430 g/mol. The molecule has 0 aliphatic carbocycles. The van der Waals surface area contributed by atoms with Crippen LogP contribution in [-0.2, 0) is 18.6 Å².